The van der Waals surface area contributed by atoms with Crippen LogP contribution in [0.25, 0.3) is 0 Å². The first-order valence-electron chi connectivity index (χ1n) is 13.7. The number of amides is 1. The van der Waals surface area contributed by atoms with Gasteiger partial charge in [0.15, 0.2) is 5.69 Å². The van der Waals surface area contributed by atoms with Crippen LogP contribution in [0.4, 0.5) is 30.7 Å². The molecular formula is C29H34F3N5O2. The van der Waals surface area contributed by atoms with Gasteiger partial charge in [-0.05, 0) is 68.1 Å². The molecule has 2 aromatic heterocycles. The number of nitrogens with one attached hydrogen (secondary N) is 1. The number of carbonyl (C=O) groups excluding carboxylic acids is 1. The second-order valence-electron chi connectivity index (χ2n) is 10.7. The number of aryl methyl sites for hydroxylation is 1. The number of nitrogens with zero attached hydrogens (tertiary/aromatic N) is 4. The fourth-order valence-electron chi connectivity index (χ4n) is 5.45. The van der Waals surface area contributed by atoms with E-state index in [0.717, 1.165) is 57.4 Å². The third-order valence-electron chi connectivity index (χ3n) is 7.65. The van der Waals surface area contributed by atoms with Crippen LogP contribution in [0.1, 0.15) is 60.8 Å². The summed E-state index contributed by atoms with van der Waals surface area (Å²) in [7, 11) is 0. The predicted molar refractivity (Wildman–Crippen MR) is 144 cm³/mol. The van der Waals surface area contributed by atoms with Crippen molar-refractivity contribution in [1.82, 2.24) is 9.97 Å². The molecule has 0 bridgehead atoms. The molecule has 1 N–H and O–H groups in total. The van der Waals surface area contributed by atoms with E-state index in [1.165, 1.54) is 11.8 Å². The first-order valence-corrected chi connectivity index (χ1v) is 13.7. The van der Waals surface area contributed by atoms with Gasteiger partial charge in [-0.15, -0.1) is 0 Å². The molecule has 0 spiro atoms. The highest BCUT2D eigenvalue weighted by Crippen LogP contribution is 2.35. The second kappa shape index (κ2) is 11.7. The minimum absolute atomic E-state index is 0.167. The zero-order valence-electron chi connectivity index (χ0n) is 22.1. The van der Waals surface area contributed by atoms with E-state index in [2.05, 4.69) is 44.5 Å². The quantitative estimate of drug-likeness (QED) is 0.372. The summed E-state index contributed by atoms with van der Waals surface area (Å²) in [6.07, 6.45) is 2.88. The highest BCUT2D eigenvalue weighted by atomic mass is 19.4. The summed E-state index contributed by atoms with van der Waals surface area (Å²) < 4.78 is 46.5. The maximum absolute atomic E-state index is 13.7. The van der Waals surface area contributed by atoms with Gasteiger partial charge in [0.1, 0.15) is 5.82 Å². The van der Waals surface area contributed by atoms with Crippen molar-refractivity contribution < 1.29 is 22.4 Å². The Morgan fingerprint density at radius 3 is 2.49 bits per heavy atom. The molecule has 1 aromatic carbocycles. The molecule has 3 aromatic rings. The van der Waals surface area contributed by atoms with Crippen LogP contribution in [0.2, 0.25) is 0 Å². The Morgan fingerprint density at radius 1 is 1.05 bits per heavy atom. The van der Waals surface area contributed by atoms with Crippen LogP contribution in [0.3, 0.4) is 0 Å². The lowest BCUT2D eigenvalue weighted by Crippen LogP contribution is -2.34. The van der Waals surface area contributed by atoms with Crippen molar-refractivity contribution in [2.45, 2.75) is 51.6 Å². The molecule has 0 aliphatic carbocycles. The lowest BCUT2D eigenvalue weighted by atomic mass is 9.90. The van der Waals surface area contributed by atoms with Gasteiger partial charge >= 0.3 is 6.18 Å². The number of benzene rings is 1. The largest absolute Gasteiger partial charge is 0.437 e. The monoisotopic (exact) mass is 541 g/mol. The van der Waals surface area contributed by atoms with Crippen LogP contribution in [-0.2, 0) is 12.6 Å². The van der Waals surface area contributed by atoms with Gasteiger partial charge in [0, 0.05) is 26.2 Å². The lowest BCUT2D eigenvalue weighted by molar-refractivity contribution is -0.141. The van der Waals surface area contributed by atoms with Crippen molar-refractivity contribution in [2.24, 2.45) is 11.8 Å². The minimum Gasteiger partial charge on any atom is -0.417 e. The fraction of sp³-hybridized carbons (Fsp3) is 0.483. The predicted octanol–water partition coefficient (Wildman–Crippen LogP) is 6.43. The number of oxazole rings is 1. The zero-order chi connectivity index (χ0) is 27.4. The lowest BCUT2D eigenvalue weighted by Gasteiger charge is -2.33. The Morgan fingerprint density at radius 2 is 1.82 bits per heavy atom. The number of hydrogen-bond acceptors (Lipinski definition) is 6. The highest BCUT2D eigenvalue weighted by Gasteiger charge is 2.42. The van der Waals surface area contributed by atoms with Crippen molar-refractivity contribution in [2.75, 3.05) is 41.3 Å². The average molecular weight is 542 g/mol. The molecule has 2 fully saturated rings. The van der Waals surface area contributed by atoms with Crippen LogP contribution in [0.15, 0.2) is 53.1 Å². The first-order chi connectivity index (χ1) is 18.8. The van der Waals surface area contributed by atoms with E-state index in [-0.39, 0.29) is 6.01 Å². The van der Waals surface area contributed by atoms with E-state index < -0.39 is 23.5 Å². The smallest absolute Gasteiger partial charge is 0.417 e. The molecule has 1 unspecified atom stereocenters. The Bertz CT molecular complexity index is 1240. The van der Waals surface area contributed by atoms with Gasteiger partial charge in [-0.25, -0.2) is 4.98 Å². The molecule has 4 heterocycles. The van der Waals surface area contributed by atoms with E-state index in [1.807, 2.05) is 13.0 Å². The summed E-state index contributed by atoms with van der Waals surface area (Å²) >= 11 is 0. The number of hydrogen-bond donors (Lipinski definition) is 1. The van der Waals surface area contributed by atoms with Crippen molar-refractivity contribution in [1.29, 1.82) is 0 Å². The van der Waals surface area contributed by atoms with Gasteiger partial charge in [0.25, 0.3) is 11.9 Å². The molecule has 39 heavy (non-hydrogen) atoms. The van der Waals surface area contributed by atoms with Crippen molar-refractivity contribution in [3.8, 4) is 0 Å². The van der Waals surface area contributed by atoms with Crippen LogP contribution in [0.5, 0.6) is 0 Å². The Labute approximate surface area is 226 Å². The molecule has 2 saturated heterocycles. The Hall–Kier alpha value is -3.56. The highest BCUT2D eigenvalue weighted by molar-refractivity contribution is 6.03. The molecule has 208 valence electrons. The standard InChI is InChI=1S/C29H34F3N5O2/c1-20-6-5-15-37(19-20)28-35-26(29(30,31)32)25(39-28)27(38)34-23-11-12-24(33-18-23)36-16-13-22(14-17-36)10-9-21-7-3-2-4-8-21/h2-4,7-8,11-12,18,20,22H,5-6,9-10,13-17,19H2,1H3,(H,34,38). The molecule has 1 amide bonds. The number of carbonyl (C=O) groups is 1. The Kier molecular flexibility index (Phi) is 8.09. The summed E-state index contributed by atoms with van der Waals surface area (Å²) in [4.78, 5) is 24.8. The average Bonchev–Trinajstić information content (AvgIpc) is 3.40. The molecule has 1 atom stereocenters. The van der Waals surface area contributed by atoms with Gasteiger partial charge in [-0.2, -0.15) is 18.2 Å². The molecule has 7 nitrogen and oxygen atoms in total. The third kappa shape index (κ3) is 6.72. The van der Waals surface area contributed by atoms with Crippen LogP contribution in [0, 0.1) is 11.8 Å². The summed E-state index contributed by atoms with van der Waals surface area (Å²) in [5.74, 6) is -0.0753. The number of rotatable bonds is 7. The summed E-state index contributed by atoms with van der Waals surface area (Å²) in [5, 5.41) is 2.49. The fourth-order valence-corrected chi connectivity index (χ4v) is 5.45. The number of alkyl halides is 3. The molecule has 0 saturated carbocycles. The number of aromatic nitrogens is 2. The van der Waals surface area contributed by atoms with Crippen molar-refractivity contribution in [3.05, 3.63) is 65.7 Å². The zero-order valence-corrected chi connectivity index (χ0v) is 22.1. The van der Waals surface area contributed by atoms with E-state index >= 15 is 0 Å². The van der Waals surface area contributed by atoms with Gasteiger partial charge in [-0.3, -0.25) is 4.79 Å². The second-order valence-corrected chi connectivity index (χ2v) is 10.7. The SMILES string of the molecule is CC1CCCN(c2nc(C(F)(F)F)c(C(=O)Nc3ccc(N4CCC(CCc5ccccc5)CC4)nc3)o2)C1. The molecule has 2 aliphatic rings. The number of piperidine rings is 2. The molecule has 10 heteroatoms. The van der Waals surface area contributed by atoms with Gasteiger partial charge in [0.05, 0.1) is 11.9 Å². The van der Waals surface area contributed by atoms with E-state index in [4.69, 9.17) is 4.42 Å². The first kappa shape index (κ1) is 27.0. The van der Waals surface area contributed by atoms with Crippen molar-refractivity contribution >= 4 is 23.4 Å². The van der Waals surface area contributed by atoms with Crippen LogP contribution in [-0.4, -0.2) is 42.1 Å². The van der Waals surface area contributed by atoms with Crippen LogP contribution < -0.4 is 15.1 Å². The maximum Gasteiger partial charge on any atom is 0.437 e. The Balaban J connectivity index is 1.18. The topological polar surface area (TPSA) is 74.5 Å². The van der Waals surface area contributed by atoms with Gasteiger partial charge in [-0.1, -0.05) is 37.3 Å². The van der Waals surface area contributed by atoms with Gasteiger partial charge in [0.2, 0.25) is 5.76 Å². The van der Waals surface area contributed by atoms with E-state index in [9.17, 15) is 18.0 Å². The molecule has 5 rings (SSSR count). The number of anilines is 3. The third-order valence-corrected chi connectivity index (χ3v) is 7.65. The molecule has 0 radical (unpaired) electrons. The molecular weight excluding hydrogens is 507 g/mol. The molecule has 2 aliphatic heterocycles. The normalized spacial score (nSPS) is 18.8. The maximum atomic E-state index is 13.7. The van der Waals surface area contributed by atoms with Crippen molar-refractivity contribution in [3.63, 3.8) is 0 Å². The summed E-state index contributed by atoms with van der Waals surface area (Å²) in [6, 6.07) is 13.8. The van der Waals surface area contributed by atoms with E-state index in [0.29, 0.717) is 30.6 Å². The number of halogens is 3. The van der Waals surface area contributed by atoms with E-state index in [1.54, 1.807) is 17.0 Å². The number of pyridine rings is 1. The minimum atomic E-state index is -4.81. The van der Waals surface area contributed by atoms with Crippen LogP contribution >= 0.6 is 0 Å². The summed E-state index contributed by atoms with van der Waals surface area (Å²) in [6.45, 7) is 4.89. The summed E-state index contributed by atoms with van der Waals surface area (Å²) in [5.41, 5.74) is 0.344. The van der Waals surface area contributed by atoms with Gasteiger partial charge < -0.3 is 19.5 Å².